The van der Waals surface area contributed by atoms with E-state index in [-0.39, 0.29) is 35.5 Å². The summed E-state index contributed by atoms with van der Waals surface area (Å²) < 4.78 is 11.0. The molecule has 11 nitrogen and oxygen atoms in total. The summed E-state index contributed by atoms with van der Waals surface area (Å²) in [4.78, 5) is 59.2. The van der Waals surface area contributed by atoms with Gasteiger partial charge in [0.1, 0.15) is 34.9 Å². The normalized spacial score (nSPS) is 22.4. The summed E-state index contributed by atoms with van der Waals surface area (Å²) in [5.41, 5.74) is 0.112. The van der Waals surface area contributed by atoms with Gasteiger partial charge in [0, 0.05) is 42.9 Å². The number of H-pyrrole nitrogens is 1. The smallest absolute Gasteiger partial charge is 0.410 e. The summed E-state index contributed by atoms with van der Waals surface area (Å²) in [6.07, 6.45) is 3.58. The Morgan fingerprint density at radius 2 is 1.98 bits per heavy atom. The van der Waals surface area contributed by atoms with Crippen LogP contribution in [0, 0.1) is 22.7 Å². The molecule has 3 atom stereocenters. The average molecular weight is 592 g/mol. The lowest BCUT2D eigenvalue weighted by molar-refractivity contribution is -0.126. The van der Waals surface area contributed by atoms with E-state index in [2.05, 4.69) is 16.4 Å². The van der Waals surface area contributed by atoms with E-state index in [1.54, 1.807) is 23.0 Å². The SMILES string of the molecule is COc1cccc2[nH]c(C(=O)N3CC4(CCN(C(=O)OC(C)(C)C)CC4)C[C@H]3C(=O)N[C@H](C#N)C[C@@H]3CCCC3=O)cc12. The lowest BCUT2D eigenvalue weighted by atomic mass is 9.76. The second kappa shape index (κ2) is 11.9. The average Bonchev–Trinajstić information content (AvgIpc) is 3.68. The number of piperidine rings is 1. The minimum absolute atomic E-state index is 0.136. The Hall–Kier alpha value is -4.07. The van der Waals surface area contributed by atoms with Crippen molar-refractivity contribution >= 4 is 34.6 Å². The Bertz CT molecular complexity index is 1440. The van der Waals surface area contributed by atoms with Gasteiger partial charge in [0.05, 0.1) is 13.2 Å². The van der Waals surface area contributed by atoms with Gasteiger partial charge in [0.25, 0.3) is 5.91 Å². The number of fused-ring (bicyclic) bond motifs is 1. The predicted molar refractivity (Wildman–Crippen MR) is 158 cm³/mol. The molecule has 3 aliphatic rings. The Morgan fingerprint density at radius 3 is 2.60 bits per heavy atom. The van der Waals surface area contributed by atoms with Gasteiger partial charge < -0.3 is 29.6 Å². The summed E-state index contributed by atoms with van der Waals surface area (Å²) in [5, 5.41) is 13.4. The molecule has 1 saturated carbocycles. The maximum atomic E-state index is 14.0. The maximum absolute atomic E-state index is 14.0. The molecule has 1 aromatic carbocycles. The van der Waals surface area contributed by atoms with Gasteiger partial charge in [-0.3, -0.25) is 14.4 Å². The number of carbonyl (C=O) groups is 4. The van der Waals surface area contributed by atoms with E-state index >= 15 is 0 Å². The van der Waals surface area contributed by atoms with Gasteiger partial charge in [0.15, 0.2) is 0 Å². The summed E-state index contributed by atoms with van der Waals surface area (Å²) in [6, 6.07) is 7.79. The van der Waals surface area contributed by atoms with E-state index in [0.717, 1.165) is 23.7 Å². The van der Waals surface area contributed by atoms with Crippen molar-refractivity contribution in [2.45, 2.75) is 83.4 Å². The van der Waals surface area contributed by atoms with Gasteiger partial charge in [-0.1, -0.05) is 6.07 Å². The zero-order valence-electron chi connectivity index (χ0n) is 25.4. The van der Waals surface area contributed by atoms with Crippen LogP contribution in [-0.2, 0) is 14.3 Å². The highest BCUT2D eigenvalue weighted by atomic mass is 16.6. The first kappa shape index (κ1) is 30.4. The highest BCUT2D eigenvalue weighted by Gasteiger charge is 2.51. The number of nitrogens with one attached hydrogen (secondary N) is 2. The van der Waals surface area contributed by atoms with Gasteiger partial charge in [-0.05, 0) is 82.9 Å². The predicted octanol–water partition coefficient (Wildman–Crippen LogP) is 4.18. The topological polar surface area (TPSA) is 145 Å². The number of methoxy groups -OCH3 is 1. The number of rotatable bonds is 6. The van der Waals surface area contributed by atoms with Crippen molar-refractivity contribution in [2.75, 3.05) is 26.7 Å². The molecule has 43 heavy (non-hydrogen) atoms. The van der Waals surface area contributed by atoms with Crippen molar-refractivity contribution < 1.29 is 28.7 Å². The third-order valence-corrected chi connectivity index (χ3v) is 9.05. The van der Waals surface area contributed by atoms with Gasteiger partial charge in [-0.25, -0.2) is 4.79 Å². The number of hydrogen-bond acceptors (Lipinski definition) is 7. The largest absolute Gasteiger partial charge is 0.496 e. The number of hydrogen-bond donors (Lipinski definition) is 2. The molecular formula is C32H41N5O6. The summed E-state index contributed by atoms with van der Waals surface area (Å²) in [6.45, 7) is 6.75. The number of amides is 3. The summed E-state index contributed by atoms with van der Waals surface area (Å²) in [7, 11) is 1.57. The minimum Gasteiger partial charge on any atom is -0.496 e. The number of aromatic nitrogens is 1. The first-order valence-corrected chi connectivity index (χ1v) is 15.1. The van der Waals surface area contributed by atoms with Crippen LogP contribution in [0.4, 0.5) is 4.79 Å². The first-order valence-electron chi connectivity index (χ1n) is 15.1. The van der Waals surface area contributed by atoms with Crippen LogP contribution in [0.5, 0.6) is 5.75 Å². The molecule has 2 N–H and O–H groups in total. The lowest BCUT2D eigenvalue weighted by Gasteiger charge is -2.39. The zero-order chi connectivity index (χ0) is 30.9. The second-order valence-electron chi connectivity index (χ2n) is 13.2. The summed E-state index contributed by atoms with van der Waals surface area (Å²) in [5.74, 6) is -0.171. The Balaban J connectivity index is 1.37. The molecule has 5 rings (SSSR count). The molecule has 2 aliphatic heterocycles. The number of carbonyl (C=O) groups excluding carboxylic acids is 4. The quantitative estimate of drug-likeness (QED) is 0.513. The molecule has 0 radical (unpaired) electrons. The zero-order valence-corrected chi connectivity index (χ0v) is 25.4. The molecule has 1 aromatic heterocycles. The van der Waals surface area contributed by atoms with Crippen LogP contribution < -0.4 is 10.1 Å². The number of likely N-dealkylation sites (tertiary alicyclic amines) is 2. The van der Waals surface area contributed by atoms with Crippen molar-refractivity contribution in [1.29, 1.82) is 5.26 Å². The Kier molecular flexibility index (Phi) is 8.41. The second-order valence-corrected chi connectivity index (χ2v) is 13.2. The highest BCUT2D eigenvalue weighted by Crippen LogP contribution is 2.44. The Labute approximate surface area is 251 Å². The number of ketones is 1. The molecule has 0 unspecified atom stereocenters. The van der Waals surface area contributed by atoms with Crippen LogP contribution in [-0.4, -0.2) is 82.9 Å². The molecule has 1 aliphatic carbocycles. The molecule has 2 aromatic rings. The number of benzene rings is 1. The van der Waals surface area contributed by atoms with Crippen LogP contribution in [0.2, 0.25) is 0 Å². The van der Waals surface area contributed by atoms with Crippen LogP contribution >= 0.6 is 0 Å². The van der Waals surface area contributed by atoms with E-state index in [1.165, 1.54) is 0 Å². The fraction of sp³-hybridized carbons (Fsp3) is 0.594. The van der Waals surface area contributed by atoms with Crippen molar-refractivity contribution in [2.24, 2.45) is 11.3 Å². The molecule has 3 heterocycles. The van der Waals surface area contributed by atoms with E-state index in [9.17, 15) is 24.4 Å². The van der Waals surface area contributed by atoms with Crippen molar-refractivity contribution in [1.82, 2.24) is 20.1 Å². The minimum atomic E-state index is -0.820. The van der Waals surface area contributed by atoms with E-state index in [4.69, 9.17) is 9.47 Å². The van der Waals surface area contributed by atoms with Crippen molar-refractivity contribution in [3.63, 3.8) is 0 Å². The van der Waals surface area contributed by atoms with E-state index < -0.39 is 23.6 Å². The number of aromatic amines is 1. The monoisotopic (exact) mass is 591 g/mol. The van der Waals surface area contributed by atoms with Crippen LogP contribution in [0.1, 0.15) is 76.2 Å². The first-order chi connectivity index (χ1) is 20.4. The van der Waals surface area contributed by atoms with Gasteiger partial charge in [-0.2, -0.15) is 5.26 Å². The van der Waals surface area contributed by atoms with Gasteiger partial charge in [-0.15, -0.1) is 0 Å². The van der Waals surface area contributed by atoms with Crippen LogP contribution in [0.3, 0.4) is 0 Å². The fourth-order valence-corrected chi connectivity index (χ4v) is 6.77. The lowest BCUT2D eigenvalue weighted by Crippen LogP contribution is -2.49. The van der Waals surface area contributed by atoms with E-state index in [1.807, 2.05) is 39.0 Å². The molecule has 2 saturated heterocycles. The number of nitriles is 1. The van der Waals surface area contributed by atoms with Crippen molar-refractivity contribution in [3.05, 3.63) is 30.0 Å². The number of Topliss-reactive ketones (excluding diaryl/α,β-unsaturated/α-hetero) is 1. The van der Waals surface area contributed by atoms with Crippen LogP contribution in [0.25, 0.3) is 10.9 Å². The molecular weight excluding hydrogens is 550 g/mol. The van der Waals surface area contributed by atoms with E-state index in [0.29, 0.717) is 56.8 Å². The number of nitrogens with zero attached hydrogens (tertiary/aromatic N) is 3. The third-order valence-electron chi connectivity index (χ3n) is 9.05. The van der Waals surface area contributed by atoms with Gasteiger partial charge in [0.2, 0.25) is 5.91 Å². The molecule has 1 spiro atoms. The molecule has 230 valence electrons. The third kappa shape index (κ3) is 6.48. The number of ether oxygens (including phenoxy) is 2. The van der Waals surface area contributed by atoms with Gasteiger partial charge >= 0.3 is 6.09 Å². The summed E-state index contributed by atoms with van der Waals surface area (Å²) >= 11 is 0. The van der Waals surface area contributed by atoms with Crippen LogP contribution in [0.15, 0.2) is 24.3 Å². The van der Waals surface area contributed by atoms with Crippen molar-refractivity contribution in [3.8, 4) is 11.8 Å². The fourth-order valence-electron chi connectivity index (χ4n) is 6.77. The maximum Gasteiger partial charge on any atom is 0.410 e. The molecule has 0 bridgehead atoms. The standard InChI is InChI=1S/C32H41N5O6/c1-31(2,3)43-30(41)36-13-11-32(12-14-36)17-25(28(39)34-21(18-33)15-20-7-5-9-26(20)38)37(19-32)29(40)24-16-22-23(35-24)8-6-10-27(22)42-4/h6,8,10,16,20-21,25,35H,5,7,9,11-15,17,19H2,1-4H3,(H,34,39)/t20-,21-,25-/m0/s1. The molecule has 3 amide bonds. The Morgan fingerprint density at radius 1 is 1.23 bits per heavy atom. The molecule has 11 heteroatoms. The molecule has 3 fully saturated rings. The highest BCUT2D eigenvalue weighted by molar-refractivity contribution is 6.02.